The summed E-state index contributed by atoms with van der Waals surface area (Å²) in [6, 6.07) is 13.4. The highest BCUT2D eigenvalue weighted by Gasteiger charge is 2.27. The molecule has 1 aliphatic heterocycles. The van der Waals surface area contributed by atoms with Gasteiger partial charge in [0.15, 0.2) is 5.78 Å². The molecule has 1 saturated heterocycles. The maximum absolute atomic E-state index is 12.8. The van der Waals surface area contributed by atoms with Crippen molar-refractivity contribution in [2.75, 3.05) is 19.6 Å². The SMILES string of the molecule is Cc1cc(OC2CCC(C(=O)O)CC2)ccc1C(=O)CCCNC(=O)N1CCC(c2ccc(Cl)cc2)CC1. The number of likely N-dealkylation sites (tertiary alicyclic amines) is 1. The summed E-state index contributed by atoms with van der Waals surface area (Å²) in [7, 11) is 0. The van der Waals surface area contributed by atoms with Gasteiger partial charge in [-0.15, -0.1) is 0 Å². The number of aryl methyl sites for hydroxylation is 1. The predicted octanol–water partition coefficient (Wildman–Crippen LogP) is 6.22. The van der Waals surface area contributed by atoms with Gasteiger partial charge in [0.05, 0.1) is 12.0 Å². The number of piperidine rings is 1. The maximum Gasteiger partial charge on any atom is 0.317 e. The zero-order valence-corrected chi connectivity index (χ0v) is 22.7. The van der Waals surface area contributed by atoms with E-state index >= 15 is 0 Å². The fourth-order valence-corrected chi connectivity index (χ4v) is 5.61. The van der Waals surface area contributed by atoms with E-state index in [1.54, 1.807) is 6.07 Å². The van der Waals surface area contributed by atoms with Crippen LogP contribution < -0.4 is 10.1 Å². The first kappa shape index (κ1) is 28.0. The zero-order valence-electron chi connectivity index (χ0n) is 22.0. The molecule has 2 aromatic rings. The molecule has 0 atom stereocenters. The van der Waals surface area contributed by atoms with E-state index in [2.05, 4.69) is 17.4 Å². The van der Waals surface area contributed by atoms with Crippen molar-refractivity contribution in [1.29, 1.82) is 0 Å². The van der Waals surface area contributed by atoms with Crippen LogP contribution in [-0.4, -0.2) is 53.5 Å². The third-order valence-electron chi connectivity index (χ3n) is 7.80. The van der Waals surface area contributed by atoms with Crippen molar-refractivity contribution in [3.8, 4) is 5.75 Å². The Morgan fingerprint density at radius 1 is 1.00 bits per heavy atom. The van der Waals surface area contributed by atoms with E-state index in [9.17, 15) is 14.4 Å². The van der Waals surface area contributed by atoms with Crippen LogP contribution in [0.2, 0.25) is 5.02 Å². The molecule has 204 valence electrons. The quantitative estimate of drug-likeness (QED) is 0.290. The van der Waals surface area contributed by atoms with Crippen LogP contribution in [0.4, 0.5) is 4.79 Å². The number of Topliss-reactive ketones (excluding diaryl/α,β-unsaturated/α-hetero) is 1. The molecule has 0 spiro atoms. The molecule has 2 amide bonds. The molecule has 1 saturated carbocycles. The average Bonchev–Trinajstić information content (AvgIpc) is 2.92. The lowest BCUT2D eigenvalue weighted by molar-refractivity contribution is -0.143. The van der Waals surface area contributed by atoms with Crippen LogP contribution in [0.25, 0.3) is 0 Å². The van der Waals surface area contributed by atoms with Crippen molar-refractivity contribution in [2.24, 2.45) is 5.92 Å². The Bertz CT molecular complexity index is 1120. The minimum Gasteiger partial charge on any atom is -0.490 e. The van der Waals surface area contributed by atoms with E-state index in [1.165, 1.54) is 5.56 Å². The number of benzene rings is 2. The number of ketones is 1. The number of ether oxygens (including phenoxy) is 1. The van der Waals surface area contributed by atoms with Crippen molar-refractivity contribution in [3.05, 3.63) is 64.2 Å². The number of nitrogens with zero attached hydrogens (tertiary/aromatic N) is 1. The van der Waals surface area contributed by atoms with Crippen LogP contribution in [0, 0.1) is 12.8 Å². The highest BCUT2D eigenvalue weighted by molar-refractivity contribution is 6.30. The second kappa shape index (κ2) is 13.1. The maximum atomic E-state index is 12.8. The number of nitrogens with one attached hydrogen (secondary N) is 1. The molecule has 2 aromatic carbocycles. The van der Waals surface area contributed by atoms with E-state index < -0.39 is 5.97 Å². The van der Waals surface area contributed by atoms with Gasteiger partial charge in [0, 0.05) is 36.6 Å². The number of carbonyl (C=O) groups is 3. The fraction of sp³-hybridized carbons (Fsp3) is 0.500. The van der Waals surface area contributed by atoms with Gasteiger partial charge in [0.25, 0.3) is 0 Å². The summed E-state index contributed by atoms with van der Waals surface area (Å²) in [6.07, 6.45) is 5.52. The lowest BCUT2D eigenvalue weighted by Gasteiger charge is -2.32. The number of rotatable bonds is 9. The first-order valence-corrected chi connectivity index (χ1v) is 14.0. The first-order chi connectivity index (χ1) is 18.3. The topological polar surface area (TPSA) is 95.9 Å². The number of carboxylic acid groups (broad SMARTS) is 1. The smallest absolute Gasteiger partial charge is 0.317 e. The Kier molecular flexibility index (Phi) is 9.67. The van der Waals surface area contributed by atoms with Crippen LogP contribution >= 0.6 is 11.6 Å². The van der Waals surface area contributed by atoms with Gasteiger partial charge in [-0.25, -0.2) is 4.79 Å². The summed E-state index contributed by atoms with van der Waals surface area (Å²) in [4.78, 5) is 38.3. The molecule has 2 aliphatic rings. The van der Waals surface area contributed by atoms with Crippen molar-refractivity contribution in [2.45, 2.75) is 70.3 Å². The van der Waals surface area contributed by atoms with Gasteiger partial charge in [-0.05, 0) is 99.2 Å². The third kappa shape index (κ3) is 7.50. The number of halogens is 1. The zero-order chi connectivity index (χ0) is 27.1. The third-order valence-corrected chi connectivity index (χ3v) is 8.06. The molecule has 0 radical (unpaired) electrons. The lowest BCUT2D eigenvalue weighted by Crippen LogP contribution is -2.44. The summed E-state index contributed by atoms with van der Waals surface area (Å²) < 4.78 is 6.06. The summed E-state index contributed by atoms with van der Waals surface area (Å²) >= 11 is 5.99. The molecule has 1 heterocycles. The predicted molar refractivity (Wildman–Crippen MR) is 147 cm³/mol. The lowest BCUT2D eigenvalue weighted by atomic mass is 9.87. The van der Waals surface area contributed by atoms with Gasteiger partial charge in [-0.1, -0.05) is 23.7 Å². The number of hydrogen-bond donors (Lipinski definition) is 2. The highest BCUT2D eigenvalue weighted by Crippen LogP contribution is 2.30. The van der Waals surface area contributed by atoms with Crippen LogP contribution in [0.5, 0.6) is 5.75 Å². The van der Waals surface area contributed by atoms with Crippen molar-refractivity contribution >= 4 is 29.4 Å². The molecule has 7 nitrogen and oxygen atoms in total. The Balaban J connectivity index is 1.15. The molecular weight excluding hydrogens is 504 g/mol. The second-order valence-corrected chi connectivity index (χ2v) is 10.9. The molecule has 38 heavy (non-hydrogen) atoms. The summed E-state index contributed by atoms with van der Waals surface area (Å²) in [5.74, 6) is 0.213. The normalized spacial score (nSPS) is 20.1. The van der Waals surface area contributed by atoms with E-state index in [1.807, 2.05) is 36.1 Å². The number of hydrogen-bond acceptors (Lipinski definition) is 4. The molecule has 1 aliphatic carbocycles. The molecule has 0 aromatic heterocycles. The Labute approximate surface area is 229 Å². The summed E-state index contributed by atoms with van der Waals surface area (Å²) in [5, 5.41) is 12.8. The highest BCUT2D eigenvalue weighted by atomic mass is 35.5. The standard InChI is InChI=1S/C30H37ClN2O5/c1-20-19-26(38-25-10-6-23(7-11-25)29(35)36)12-13-27(20)28(34)3-2-16-32-30(37)33-17-14-22(15-18-33)21-4-8-24(31)9-5-21/h4-5,8-9,12-13,19,22-23,25H,2-3,6-7,10-11,14-18H2,1H3,(H,32,37)(H,35,36). The van der Waals surface area contributed by atoms with Gasteiger partial charge in [0.2, 0.25) is 0 Å². The molecule has 2 fully saturated rings. The Morgan fingerprint density at radius 2 is 1.68 bits per heavy atom. The van der Waals surface area contributed by atoms with E-state index in [-0.39, 0.29) is 23.8 Å². The number of aliphatic carboxylic acids is 1. The minimum atomic E-state index is -0.725. The fourth-order valence-electron chi connectivity index (χ4n) is 5.48. The molecule has 2 N–H and O–H groups in total. The van der Waals surface area contributed by atoms with E-state index in [4.69, 9.17) is 21.4 Å². The molecule has 8 heteroatoms. The van der Waals surface area contributed by atoms with Crippen LogP contribution in [0.15, 0.2) is 42.5 Å². The molecular formula is C30H37ClN2O5. The average molecular weight is 541 g/mol. The van der Waals surface area contributed by atoms with Gasteiger partial charge in [-0.2, -0.15) is 0 Å². The largest absolute Gasteiger partial charge is 0.490 e. The monoisotopic (exact) mass is 540 g/mol. The number of amides is 2. The van der Waals surface area contributed by atoms with E-state index in [0.717, 1.165) is 36.3 Å². The molecule has 4 rings (SSSR count). The van der Waals surface area contributed by atoms with Gasteiger partial charge < -0.3 is 20.1 Å². The first-order valence-electron chi connectivity index (χ1n) is 13.6. The number of carboxylic acids is 1. The van der Waals surface area contributed by atoms with Gasteiger partial charge in [0.1, 0.15) is 5.75 Å². The van der Waals surface area contributed by atoms with Crippen LogP contribution in [0.3, 0.4) is 0 Å². The molecule has 0 unspecified atom stereocenters. The van der Waals surface area contributed by atoms with Crippen molar-refractivity contribution in [1.82, 2.24) is 10.2 Å². The number of carbonyl (C=O) groups excluding carboxylic acids is 2. The van der Waals surface area contributed by atoms with Crippen LogP contribution in [0.1, 0.15) is 78.8 Å². The Morgan fingerprint density at radius 3 is 2.32 bits per heavy atom. The van der Waals surface area contributed by atoms with Gasteiger partial charge in [-0.3, -0.25) is 9.59 Å². The van der Waals surface area contributed by atoms with Crippen LogP contribution in [-0.2, 0) is 4.79 Å². The summed E-state index contributed by atoms with van der Waals surface area (Å²) in [5.41, 5.74) is 2.80. The second-order valence-electron chi connectivity index (χ2n) is 10.5. The minimum absolute atomic E-state index is 0.0124. The number of urea groups is 1. The molecule has 0 bridgehead atoms. The summed E-state index contributed by atoms with van der Waals surface area (Å²) in [6.45, 7) is 3.79. The van der Waals surface area contributed by atoms with Crippen molar-refractivity contribution in [3.63, 3.8) is 0 Å². The van der Waals surface area contributed by atoms with Crippen molar-refractivity contribution < 1.29 is 24.2 Å². The van der Waals surface area contributed by atoms with Gasteiger partial charge >= 0.3 is 12.0 Å². The Hall–Kier alpha value is -3.06. The van der Waals surface area contributed by atoms with E-state index in [0.29, 0.717) is 62.5 Å².